The maximum absolute atomic E-state index is 11.4. The van der Waals surface area contributed by atoms with Crippen LogP contribution in [0.5, 0.6) is 0 Å². The van der Waals surface area contributed by atoms with Crippen LogP contribution in [0.2, 0.25) is 0 Å². The summed E-state index contributed by atoms with van der Waals surface area (Å²) < 4.78 is 4.90. The molecule has 0 saturated heterocycles. The molecular formula is C11H14N2O2. The summed E-state index contributed by atoms with van der Waals surface area (Å²) >= 11 is 0. The van der Waals surface area contributed by atoms with Crippen molar-refractivity contribution in [1.29, 1.82) is 0 Å². The predicted molar refractivity (Wildman–Crippen MR) is 56.8 cm³/mol. The average Bonchev–Trinajstić information content (AvgIpc) is 3.03. The number of pyridine rings is 1. The molecule has 15 heavy (non-hydrogen) atoms. The van der Waals surface area contributed by atoms with Crippen LogP contribution in [0.25, 0.3) is 0 Å². The van der Waals surface area contributed by atoms with Crippen molar-refractivity contribution >= 4 is 11.7 Å². The Kier molecular flexibility index (Phi) is 2.85. The summed E-state index contributed by atoms with van der Waals surface area (Å²) in [5, 5.41) is 3.28. The zero-order valence-electron chi connectivity index (χ0n) is 8.69. The number of aromatic nitrogens is 1. The van der Waals surface area contributed by atoms with E-state index < -0.39 is 0 Å². The van der Waals surface area contributed by atoms with E-state index in [-0.39, 0.29) is 5.97 Å². The van der Waals surface area contributed by atoms with Crippen molar-refractivity contribution in [3.05, 3.63) is 24.0 Å². The summed E-state index contributed by atoms with van der Waals surface area (Å²) in [7, 11) is 0. The normalized spacial score (nSPS) is 14.7. The highest BCUT2D eigenvalue weighted by atomic mass is 16.5. The summed E-state index contributed by atoms with van der Waals surface area (Å²) in [5.41, 5.74) is 1.39. The van der Waals surface area contributed by atoms with Crippen molar-refractivity contribution in [2.75, 3.05) is 11.9 Å². The molecule has 1 fully saturated rings. The van der Waals surface area contributed by atoms with Gasteiger partial charge < -0.3 is 10.1 Å². The molecule has 1 heterocycles. The topological polar surface area (TPSA) is 51.2 Å². The number of nitrogens with zero attached hydrogens (tertiary/aromatic N) is 1. The van der Waals surface area contributed by atoms with Gasteiger partial charge in [-0.3, -0.25) is 4.98 Å². The number of rotatable bonds is 4. The van der Waals surface area contributed by atoms with Gasteiger partial charge in [0.2, 0.25) is 0 Å². The van der Waals surface area contributed by atoms with Crippen LogP contribution in [0.15, 0.2) is 18.5 Å². The van der Waals surface area contributed by atoms with E-state index in [0.717, 1.165) is 5.69 Å². The number of carbonyl (C=O) groups excluding carboxylic acids is 1. The van der Waals surface area contributed by atoms with Gasteiger partial charge in [0.05, 0.1) is 17.9 Å². The molecule has 0 amide bonds. The van der Waals surface area contributed by atoms with Crippen LogP contribution in [-0.4, -0.2) is 23.6 Å². The smallest absolute Gasteiger partial charge is 0.339 e. The monoisotopic (exact) mass is 206 g/mol. The van der Waals surface area contributed by atoms with E-state index in [0.29, 0.717) is 18.2 Å². The minimum absolute atomic E-state index is 0.315. The van der Waals surface area contributed by atoms with Crippen LogP contribution in [0.4, 0.5) is 5.69 Å². The first kappa shape index (κ1) is 9.96. The molecule has 1 N–H and O–H groups in total. The maximum atomic E-state index is 11.4. The Balaban J connectivity index is 2.06. The molecule has 0 spiro atoms. The Morgan fingerprint density at radius 2 is 2.40 bits per heavy atom. The second-order valence-corrected chi connectivity index (χ2v) is 3.60. The second kappa shape index (κ2) is 4.29. The molecule has 2 rings (SSSR count). The summed E-state index contributed by atoms with van der Waals surface area (Å²) in [6.07, 6.45) is 5.64. The molecule has 0 aromatic carbocycles. The molecule has 0 bridgehead atoms. The molecule has 1 saturated carbocycles. The van der Waals surface area contributed by atoms with Gasteiger partial charge in [-0.25, -0.2) is 4.79 Å². The maximum Gasteiger partial charge on any atom is 0.339 e. The SMILES string of the molecule is CCOC(=O)c1cncc(NC2CC2)c1. The lowest BCUT2D eigenvalue weighted by Crippen LogP contribution is -2.07. The Bertz CT molecular complexity index is 361. The standard InChI is InChI=1S/C11H14N2O2/c1-2-15-11(14)8-5-10(7-12-6-8)13-9-3-4-9/h5-7,9,13H,2-4H2,1H3. The van der Waals surface area contributed by atoms with E-state index in [9.17, 15) is 4.79 Å². The van der Waals surface area contributed by atoms with E-state index >= 15 is 0 Å². The van der Waals surface area contributed by atoms with Crippen molar-refractivity contribution in [3.63, 3.8) is 0 Å². The van der Waals surface area contributed by atoms with E-state index in [1.54, 1.807) is 19.2 Å². The van der Waals surface area contributed by atoms with Crippen molar-refractivity contribution in [1.82, 2.24) is 4.98 Å². The number of ether oxygens (including phenoxy) is 1. The molecule has 4 heteroatoms. The van der Waals surface area contributed by atoms with E-state index in [1.807, 2.05) is 0 Å². The van der Waals surface area contributed by atoms with Gasteiger partial charge >= 0.3 is 5.97 Å². The Labute approximate surface area is 88.7 Å². The van der Waals surface area contributed by atoms with Crippen molar-refractivity contribution in [3.8, 4) is 0 Å². The zero-order valence-corrected chi connectivity index (χ0v) is 8.69. The first-order chi connectivity index (χ1) is 7.29. The van der Waals surface area contributed by atoms with Gasteiger partial charge in [0.15, 0.2) is 0 Å². The highest BCUT2D eigenvalue weighted by Gasteiger charge is 2.21. The number of hydrogen-bond donors (Lipinski definition) is 1. The summed E-state index contributed by atoms with van der Waals surface area (Å²) in [6, 6.07) is 2.34. The average molecular weight is 206 g/mol. The van der Waals surface area contributed by atoms with Crippen LogP contribution in [0.1, 0.15) is 30.1 Å². The first-order valence-electron chi connectivity index (χ1n) is 5.18. The zero-order chi connectivity index (χ0) is 10.7. The molecule has 4 nitrogen and oxygen atoms in total. The Morgan fingerprint density at radius 1 is 1.60 bits per heavy atom. The van der Waals surface area contributed by atoms with Gasteiger partial charge in [0.1, 0.15) is 0 Å². The molecule has 1 aromatic rings. The molecule has 0 unspecified atom stereocenters. The third-order valence-electron chi connectivity index (χ3n) is 2.20. The highest BCUT2D eigenvalue weighted by Crippen LogP contribution is 2.24. The van der Waals surface area contributed by atoms with E-state index in [1.165, 1.54) is 19.0 Å². The highest BCUT2D eigenvalue weighted by molar-refractivity contribution is 5.90. The molecule has 80 valence electrons. The lowest BCUT2D eigenvalue weighted by molar-refractivity contribution is 0.0526. The van der Waals surface area contributed by atoms with Crippen LogP contribution in [-0.2, 0) is 4.74 Å². The molecular weight excluding hydrogens is 192 g/mol. The minimum Gasteiger partial charge on any atom is -0.462 e. The molecule has 1 aliphatic rings. The van der Waals surface area contributed by atoms with Crippen molar-refractivity contribution in [2.45, 2.75) is 25.8 Å². The fraction of sp³-hybridized carbons (Fsp3) is 0.455. The number of nitrogens with one attached hydrogen (secondary N) is 1. The lowest BCUT2D eigenvalue weighted by atomic mass is 10.2. The third kappa shape index (κ3) is 2.68. The summed E-state index contributed by atoms with van der Waals surface area (Å²) in [4.78, 5) is 15.4. The number of anilines is 1. The summed E-state index contributed by atoms with van der Waals surface area (Å²) in [6.45, 7) is 2.18. The van der Waals surface area contributed by atoms with Crippen molar-refractivity contribution in [2.24, 2.45) is 0 Å². The molecule has 0 aliphatic heterocycles. The Hall–Kier alpha value is -1.58. The number of hydrogen-bond acceptors (Lipinski definition) is 4. The van der Waals surface area contributed by atoms with Crippen LogP contribution >= 0.6 is 0 Å². The number of esters is 1. The molecule has 0 radical (unpaired) electrons. The lowest BCUT2D eigenvalue weighted by Gasteiger charge is -2.05. The fourth-order valence-electron chi connectivity index (χ4n) is 1.31. The van der Waals surface area contributed by atoms with Crippen LogP contribution in [0.3, 0.4) is 0 Å². The van der Waals surface area contributed by atoms with Crippen molar-refractivity contribution < 1.29 is 9.53 Å². The van der Waals surface area contributed by atoms with Gasteiger partial charge in [0, 0.05) is 18.4 Å². The molecule has 1 aliphatic carbocycles. The van der Waals surface area contributed by atoms with Crippen LogP contribution < -0.4 is 5.32 Å². The van der Waals surface area contributed by atoms with E-state index in [2.05, 4.69) is 10.3 Å². The van der Waals surface area contributed by atoms with Gasteiger partial charge in [-0.2, -0.15) is 0 Å². The van der Waals surface area contributed by atoms with Gasteiger partial charge in [0.25, 0.3) is 0 Å². The fourth-order valence-corrected chi connectivity index (χ4v) is 1.31. The molecule has 0 atom stereocenters. The van der Waals surface area contributed by atoms with E-state index in [4.69, 9.17) is 4.74 Å². The largest absolute Gasteiger partial charge is 0.462 e. The van der Waals surface area contributed by atoms with Gasteiger partial charge in [-0.1, -0.05) is 0 Å². The summed E-state index contributed by atoms with van der Waals surface area (Å²) in [5.74, 6) is -0.315. The predicted octanol–water partition coefficient (Wildman–Crippen LogP) is 1.83. The quantitative estimate of drug-likeness (QED) is 0.763. The van der Waals surface area contributed by atoms with Gasteiger partial charge in [-0.05, 0) is 25.8 Å². The number of carbonyl (C=O) groups is 1. The van der Waals surface area contributed by atoms with Crippen LogP contribution in [0, 0.1) is 0 Å². The molecule has 1 aromatic heterocycles. The second-order valence-electron chi connectivity index (χ2n) is 3.60. The van der Waals surface area contributed by atoms with Gasteiger partial charge in [-0.15, -0.1) is 0 Å². The first-order valence-corrected chi connectivity index (χ1v) is 5.18. The Morgan fingerprint density at radius 3 is 3.07 bits per heavy atom. The minimum atomic E-state index is -0.315. The third-order valence-corrected chi connectivity index (χ3v) is 2.20.